The number of hydrogen-bond acceptors (Lipinski definition) is 4. The SMILES string of the molecule is COC1=CCC(N/C=C\c2cc(O)ccc2C=O)C=C1. The highest BCUT2D eigenvalue weighted by atomic mass is 16.5. The van der Waals surface area contributed by atoms with Gasteiger partial charge in [0, 0.05) is 11.6 Å². The number of carbonyl (C=O) groups is 1. The first-order chi connectivity index (χ1) is 9.72. The van der Waals surface area contributed by atoms with E-state index in [1.807, 2.05) is 18.2 Å². The average molecular weight is 271 g/mol. The molecule has 0 aromatic heterocycles. The predicted octanol–water partition coefficient (Wildman–Crippen LogP) is 2.62. The molecule has 0 spiro atoms. The molecular formula is C16H17NO3. The Kier molecular flexibility index (Phi) is 4.60. The molecule has 0 bridgehead atoms. The lowest BCUT2D eigenvalue weighted by molar-refractivity contribution is 0.112. The summed E-state index contributed by atoms with van der Waals surface area (Å²) < 4.78 is 5.12. The van der Waals surface area contributed by atoms with Crippen molar-refractivity contribution in [1.82, 2.24) is 5.32 Å². The lowest BCUT2D eigenvalue weighted by Crippen LogP contribution is -2.22. The Bertz CT molecular complexity index is 573. The van der Waals surface area contributed by atoms with Crippen molar-refractivity contribution in [3.8, 4) is 5.75 Å². The summed E-state index contributed by atoms with van der Waals surface area (Å²) in [5.74, 6) is 1.00. The smallest absolute Gasteiger partial charge is 0.150 e. The fraction of sp³-hybridized carbons (Fsp3) is 0.188. The first-order valence-electron chi connectivity index (χ1n) is 6.36. The van der Waals surface area contributed by atoms with Gasteiger partial charge < -0.3 is 15.2 Å². The topological polar surface area (TPSA) is 58.6 Å². The van der Waals surface area contributed by atoms with E-state index in [9.17, 15) is 9.90 Å². The van der Waals surface area contributed by atoms with Gasteiger partial charge in [-0.25, -0.2) is 0 Å². The Labute approximate surface area is 118 Å². The van der Waals surface area contributed by atoms with Crippen LogP contribution in [-0.2, 0) is 4.74 Å². The second kappa shape index (κ2) is 6.61. The number of rotatable bonds is 5. The van der Waals surface area contributed by atoms with E-state index in [0.717, 1.165) is 18.5 Å². The van der Waals surface area contributed by atoms with E-state index < -0.39 is 0 Å². The quantitative estimate of drug-likeness (QED) is 0.808. The molecule has 0 saturated carbocycles. The average Bonchev–Trinajstić information content (AvgIpc) is 2.48. The van der Waals surface area contributed by atoms with Crippen molar-refractivity contribution in [2.75, 3.05) is 7.11 Å². The van der Waals surface area contributed by atoms with E-state index in [4.69, 9.17) is 4.74 Å². The molecule has 0 saturated heterocycles. The van der Waals surface area contributed by atoms with Gasteiger partial charge in [0.25, 0.3) is 0 Å². The summed E-state index contributed by atoms with van der Waals surface area (Å²) in [7, 11) is 1.65. The summed E-state index contributed by atoms with van der Waals surface area (Å²) in [6.45, 7) is 0. The minimum atomic E-state index is 0.139. The molecule has 4 heteroatoms. The summed E-state index contributed by atoms with van der Waals surface area (Å²) in [4.78, 5) is 10.9. The number of aromatic hydroxyl groups is 1. The highest BCUT2D eigenvalue weighted by molar-refractivity contribution is 5.82. The molecule has 2 N–H and O–H groups in total. The van der Waals surface area contributed by atoms with Crippen LogP contribution in [0.25, 0.3) is 6.08 Å². The maximum Gasteiger partial charge on any atom is 0.150 e. The molecule has 4 nitrogen and oxygen atoms in total. The van der Waals surface area contributed by atoms with Crippen LogP contribution >= 0.6 is 0 Å². The van der Waals surface area contributed by atoms with Crippen LogP contribution in [0.5, 0.6) is 5.75 Å². The Morgan fingerprint density at radius 2 is 2.25 bits per heavy atom. The summed E-state index contributed by atoms with van der Waals surface area (Å²) in [6, 6.07) is 4.84. The van der Waals surface area contributed by atoms with Crippen LogP contribution in [0.3, 0.4) is 0 Å². The van der Waals surface area contributed by atoms with Gasteiger partial charge in [0.1, 0.15) is 11.5 Å². The third-order valence-electron chi connectivity index (χ3n) is 3.07. The van der Waals surface area contributed by atoms with Gasteiger partial charge in [0.15, 0.2) is 6.29 Å². The van der Waals surface area contributed by atoms with E-state index in [2.05, 4.69) is 5.32 Å². The third-order valence-corrected chi connectivity index (χ3v) is 3.07. The van der Waals surface area contributed by atoms with E-state index in [-0.39, 0.29) is 11.8 Å². The van der Waals surface area contributed by atoms with E-state index >= 15 is 0 Å². The predicted molar refractivity (Wildman–Crippen MR) is 78.3 cm³/mol. The van der Waals surface area contributed by atoms with Crippen molar-refractivity contribution in [3.63, 3.8) is 0 Å². The number of benzene rings is 1. The molecule has 20 heavy (non-hydrogen) atoms. The molecular weight excluding hydrogens is 254 g/mol. The van der Waals surface area contributed by atoms with Crippen molar-refractivity contribution in [2.45, 2.75) is 12.5 Å². The maximum absolute atomic E-state index is 10.9. The van der Waals surface area contributed by atoms with Crippen LogP contribution in [0.1, 0.15) is 22.3 Å². The first kappa shape index (κ1) is 13.9. The number of phenols is 1. The number of methoxy groups -OCH3 is 1. The van der Waals surface area contributed by atoms with Gasteiger partial charge >= 0.3 is 0 Å². The molecule has 1 aliphatic carbocycles. The molecule has 1 aromatic carbocycles. The van der Waals surface area contributed by atoms with E-state index in [1.165, 1.54) is 6.07 Å². The number of carbonyl (C=O) groups excluding carboxylic acids is 1. The molecule has 1 unspecified atom stereocenters. The van der Waals surface area contributed by atoms with Gasteiger partial charge in [-0.05, 0) is 54.6 Å². The van der Waals surface area contributed by atoms with Gasteiger partial charge in [-0.3, -0.25) is 4.79 Å². The molecule has 104 valence electrons. The van der Waals surface area contributed by atoms with Gasteiger partial charge in [-0.15, -0.1) is 0 Å². The molecule has 1 aromatic rings. The number of ether oxygens (including phenoxy) is 1. The van der Waals surface area contributed by atoms with Crippen molar-refractivity contribution in [1.29, 1.82) is 0 Å². The zero-order valence-electron chi connectivity index (χ0n) is 11.2. The zero-order chi connectivity index (χ0) is 14.4. The Balaban J connectivity index is 1.98. The molecule has 0 fully saturated rings. The van der Waals surface area contributed by atoms with Gasteiger partial charge in [0.05, 0.1) is 7.11 Å². The van der Waals surface area contributed by atoms with Crippen LogP contribution < -0.4 is 5.32 Å². The monoisotopic (exact) mass is 271 g/mol. The Hall–Kier alpha value is -2.49. The highest BCUT2D eigenvalue weighted by Gasteiger charge is 2.06. The van der Waals surface area contributed by atoms with E-state index in [0.29, 0.717) is 11.1 Å². The number of phenolic OH excluding ortho intramolecular Hbond substituents is 1. The highest BCUT2D eigenvalue weighted by Crippen LogP contribution is 2.17. The number of hydrogen-bond donors (Lipinski definition) is 2. The third kappa shape index (κ3) is 3.51. The summed E-state index contributed by atoms with van der Waals surface area (Å²) in [5, 5.41) is 12.7. The van der Waals surface area contributed by atoms with Crippen molar-refractivity contribution in [3.05, 3.63) is 59.5 Å². The Morgan fingerprint density at radius 1 is 1.40 bits per heavy atom. The number of nitrogens with one attached hydrogen (secondary N) is 1. The molecule has 0 aliphatic heterocycles. The Morgan fingerprint density at radius 3 is 2.90 bits per heavy atom. The van der Waals surface area contributed by atoms with Crippen LogP contribution in [0.4, 0.5) is 0 Å². The molecule has 1 atom stereocenters. The molecule has 0 amide bonds. The van der Waals surface area contributed by atoms with Crippen LogP contribution in [0, 0.1) is 0 Å². The standard InChI is InChI=1S/C16H17NO3/c1-20-16-6-3-14(4-7-16)17-9-8-12-10-15(19)5-2-13(12)11-18/h2-3,5-11,14,17,19H,4H2,1H3/b9-8-. The molecule has 0 heterocycles. The molecule has 2 rings (SSSR count). The second-order valence-electron chi connectivity index (χ2n) is 4.44. The fourth-order valence-corrected chi connectivity index (χ4v) is 1.95. The largest absolute Gasteiger partial charge is 0.508 e. The lowest BCUT2D eigenvalue weighted by atomic mass is 10.1. The number of allylic oxidation sites excluding steroid dienone is 1. The normalized spacial score (nSPS) is 17.9. The van der Waals surface area contributed by atoms with Crippen molar-refractivity contribution >= 4 is 12.4 Å². The first-order valence-corrected chi connectivity index (χ1v) is 6.36. The molecule has 1 aliphatic rings. The minimum Gasteiger partial charge on any atom is -0.508 e. The number of aldehydes is 1. The summed E-state index contributed by atoms with van der Waals surface area (Å²) in [6.07, 6.45) is 11.1. The fourth-order valence-electron chi connectivity index (χ4n) is 1.95. The van der Waals surface area contributed by atoms with Crippen LogP contribution in [0.2, 0.25) is 0 Å². The molecule has 0 radical (unpaired) electrons. The zero-order valence-corrected chi connectivity index (χ0v) is 11.2. The van der Waals surface area contributed by atoms with E-state index in [1.54, 1.807) is 31.5 Å². The minimum absolute atomic E-state index is 0.139. The van der Waals surface area contributed by atoms with Crippen molar-refractivity contribution < 1.29 is 14.6 Å². The van der Waals surface area contributed by atoms with Gasteiger partial charge in [-0.2, -0.15) is 0 Å². The maximum atomic E-state index is 10.9. The second-order valence-corrected chi connectivity index (χ2v) is 4.44. The van der Waals surface area contributed by atoms with Crippen LogP contribution in [0.15, 0.2) is 48.4 Å². The van der Waals surface area contributed by atoms with Gasteiger partial charge in [-0.1, -0.05) is 6.08 Å². The van der Waals surface area contributed by atoms with Crippen molar-refractivity contribution in [2.24, 2.45) is 0 Å². The lowest BCUT2D eigenvalue weighted by Gasteiger charge is -2.15. The summed E-state index contributed by atoms with van der Waals surface area (Å²) >= 11 is 0. The summed E-state index contributed by atoms with van der Waals surface area (Å²) in [5.41, 5.74) is 1.22. The van der Waals surface area contributed by atoms with Crippen LogP contribution in [-0.4, -0.2) is 24.5 Å². The van der Waals surface area contributed by atoms with Gasteiger partial charge in [0.2, 0.25) is 0 Å².